The lowest BCUT2D eigenvalue weighted by molar-refractivity contribution is -0.140. The predicted octanol–water partition coefficient (Wildman–Crippen LogP) is 0.942. The SMILES string of the molecule is CC(C)(NC1CCOC2(CCC2)C1)C(N)=O. The zero-order valence-corrected chi connectivity index (χ0v) is 10.2. The number of hydrogen-bond donors (Lipinski definition) is 2. The molecule has 92 valence electrons. The molecule has 0 aromatic heterocycles. The van der Waals surface area contributed by atoms with Crippen molar-refractivity contribution >= 4 is 5.91 Å². The normalized spacial score (nSPS) is 28.8. The van der Waals surface area contributed by atoms with Gasteiger partial charge in [-0.3, -0.25) is 4.79 Å². The Morgan fingerprint density at radius 3 is 2.69 bits per heavy atom. The molecule has 1 aliphatic carbocycles. The molecule has 4 heteroatoms. The van der Waals surface area contributed by atoms with Gasteiger partial charge in [0, 0.05) is 12.6 Å². The largest absolute Gasteiger partial charge is 0.375 e. The fourth-order valence-electron chi connectivity index (χ4n) is 2.65. The second kappa shape index (κ2) is 4.00. The topological polar surface area (TPSA) is 64.3 Å². The zero-order valence-electron chi connectivity index (χ0n) is 10.2. The lowest BCUT2D eigenvalue weighted by atomic mass is 9.73. The molecule has 16 heavy (non-hydrogen) atoms. The highest BCUT2D eigenvalue weighted by atomic mass is 16.5. The Hall–Kier alpha value is -0.610. The summed E-state index contributed by atoms with van der Waals surface area (Å²) in [5, 5.41) is 3.36. The van der Waals surface area contributed by atoms with Crippen molar-refractivity contribution < 1.29 is 9.53 Å². The molecule has 1 unspecified atom stereocenters. The van der Waals surface area contributed by atoms with Crippen molar-refractivity contribution in [3.63, 3.8) is 0 Å². The molecule has 3 N–H and O–H groups in total. The molecule has 1 atom stereocenters. The van der Waals surface area contributed by atoms with Gasteiger partial charge < -0.3 is 15.8 Å². The van der Waals surface area contributed by atoms with Crippen LogP contribution in [0.25, 0.3) is 0 Å². The molecule has 0 aromatic rings. The second-order valence-corrected chi connectivity index (χ2v) is 5.71. The summed E-state index contributed by atoms with van der Waals surface area (Å²) in [6, 6.07) is 0.358. The van der Waals surface area contributed by atoms with E-state index in [0.29, 0.717) is 6.04 Å². The molecular weight excluding hydrogens is 204 g/mol. The lowest BCUT2D eigenvalue weighted by Gasteiger charge is -2.48. The number of carbonyl (C=O) groups excluding carboxylic acids is 1. The summed E-state index contributed by atoms with van der Waals surface area (Å²) >= 11 is 0. The van der Waals surface area contributed by atoms with Crippen molar-refractivity contribution in [2.75, 3.05) is 6.61 Å². The monoisotopic (exact) mass is 226 g/mol. The van der Waals surface area contributed by atoms with E-state index in [1.54, 1.807) is 0 Å². The Labute approximate surface area is 96.9 Å². The highest BCUT2D eigenvalue weighted by Gasteiger charge is 2.43. The van der Waals surface area contributed by atoms with E-state index in [2.05, 4.69) is 5.32 Å². The minimum Gasteiger partial charge on any atom is -0.375 e. The Bertz CT molecular complexity index is 285. The van der Waals surface area contributed by atoms with Gasteiger partial charge in [0.1, 0.15) is 0 Å². The van der Waals surface area contributed by atoms with Crippen LogP contribution in [-0.4, -0.2) is 29.7 Å². The third-order valence-electron chi connectivity index (χ3n) is 3.94. The first-order valence-corrected chi connectivity index (χ1v) is 6.15. The highest BCUT2D eigenvalue weighted by molar-refractivity contribution is 5.83. The predicted molar refractivity (Wildman–Crippen MR) is 62.0 cm³/mol. The molecule has 2 rings (SSSR count). The van der Waals surface area contributed by atoms with E-state index >= 15 is 0 Å². The van der Waals surface area contributed by atoms with E-state index in [0.717, 1.165) is 19.4 Å². The van der Waals surface area contributed by atoms with Crippen molar-refractivity contribution in [2.45, 2.75) is 63.1 Å². The van der Waals surface area contributed by atoms with Crippen LogP contribution >= 0.6 is 0 Å². The quantitative estimate of drug-likeness (QED) is 0.753. The van der Waals surface area contributed by atoms with Gasteiger partial charge in [-0.15, -0.1) is 0 Å². The van der Waals surface area contributed by atoms with Gasteiger partial charge in [0.25, 0.3) is 0 Å². The van der Waals surface area contributed by atoms with E-state index in [1.807, 2.05) is 13.8 Å². The standard InChI is InChI=1S/C12H22N2O2/c1-11(2,10(13)15)14-9-4-7-16-12(8-9)5-3-6-12/h9,14H,3-8H2,1-2H3,(H2,13,15). The van der Waals surface area contributed by atoms with Gasteiger partial charge in [-0.25, -0.2) is 0 Å². The van der Waals surface area contributed by atoms with E-state index in [4.69, 9.17) is 10.5 Å². The summed E-state index contributed by atoms with van der Waals surface area (Å²) < 4.78 is 5.85. The fraction of sp³-hybridized carbons (Fsp3) is 0.917. The van der Waals surface area contributed by atoms with Crippen LogP contribution in [0.3, 0.4) is 0 Å². The smallest absolute Gasteiger partial charge is 0.237 e. The van der Waals surface area contributed by atoms with E-state index in [-0.39, 0.29) is 11.5 Å². The van der Waals surface area contributed by atoms with Crippen molar-refractivity contribution in [1.82, 2.24) is 5.32 Å². The molecule has 0 bridgehead atoms. The van der Waals surface area contributed by atoms with Crippen molar-refractivity contribution in [3.8, 4) is 0 Å². The zero-order chi connectivity index (χ0) is 11.8. The molecule has 1 aliphatic heterocycles. The van der Waals surface area contributed by atoms with Crippen LogP contribution in [0.15, 0.2) is 0 Å². The first kappa shape index (κ1) is 11.9. The number of primary amides is 1. The Kier molecular flexibility index (Phi) is 2.97. The summed E-state index contributed by atoms with van der Waals surface area (Å²) in [4.78, 5) is 11.3. The lowest BCUT2D eigenvalue weighted by Crippen LogP contribution is -2.59. The first-order valence-electron chi connectivity index (χ1n) is 6.15. The minimum atomic E-state index is -0.618. The summed E-state index contributed by atoms with van der Waals surface area (Å²) in [6.45, 7) is 4.49. The van der Waals surface area contributed by atoms with Crippen LogP contribution in [0, 0.1) is 0 Å². The maximum Gasteiger partial charge on any atom is 0.237 e. The van der Waals surface area contributed by atoms with Gasteiger partial charge in [0.2, 0.25) is 5.91 Å². The van der Waals surface area contributed by atoms with Gasteiger partial charge in [-0.1, -0.05) is 0 Å². The molecule has 0 aromatic carbocycles. The summed E-state index contributed by atoms with van der Waals surface area (Å²) in [5.74, 6) is -0.290. The molecule has 0 radical (unpaired) electrons. The van der Waals surface area contributed by atoms with Crippen LogP contribution in [0.5, 0.6) is 0 Å². The Morgan fingerprint density at radius 1 is 1.50 bits per heavy atom. The molecule has 1 saturated carbocycles. The van der Waals surface area contributed by atoms with Gasteiger partial charge in [0.15, 0.2) is 0 Å². The van der Waals surface area contributed by atoms with Crippen LogP contribution in [0.2, 0.25) is 0 Å². The number of nitrogens with two attached hydrogens (primary N) is 1. The number of amides is 1. The second-order valence-electron chi connectivity index (χ2n) is 5.71. The summed E-state index contributed by atoms with van der Waals surface area (Å²) in [5.41, 5.74) is 4.87. The highest BCUT2D eigenvalue weighted by Crippen LogP contribution is 2.42. The van der Waals surface area contributed by atoms with E-state index in [1.165, 1.54) is 19.3 Å². The van der Waals surface area contributed by atoms with Crippen molar-refractivity contribution in [3.05, 3.63) is 0 Å². The number of carbonyl (C=O) groups is 1. The number of rotatable bonds is 3. The number of nitrogens with one attached hydrogen (secondary N) is 1. The average molecular weight is 226 g/mol. The molecular formula is C12H22N2O2. The maximum atomic E-state index is 11.3. The molecule has 2 fully saturated rings. The van der Waals surface area contributed by atoms with Gasteiger partial charge in [-0.2, -0.15) is 0 Å². The third kappa shape index (κ3) is 2.23. The number of hydrogen-bond acceptors (Lipinski definition) is 3. The number of ether oxygens (including phenoxy) is 1. The van der Waals surface area contributed by atoms with Crippen LogP contribution in [0.1, 0.15) is 46.0 Å². The average Bonchev–Trinajstić information content (AvgIpc) is 2.15. The van der Waals surface area contributed by atoms with Gasteiger partial charge in [-0.05, 0) is 46.0 Å². The summed E-state index contributed by atoms with van der Waals surface area (Å²) in [6.07, 6.45) is 5.60. The minimum absolute atomic E-state index is 0.115. The molecule has 1 spiro atoms. The van der Waals surface area contributed by atoms with Gasteiger partial charge in [0.05, 0.1) is 11.1 Å². The van der Waals surface area contributed by atoms with Crippen LogP contribution in [0.4, 0.5) is 0 Å². The van der Waals surface area contributed by atoms with Crippen molar-refractivity contribution in [2.24, 2.45) is 5.73 Å². The van der Waals surface area contributed by atoms with Crippen LogP contribution in [-0.2, 0) is 9.53 Å². The molecule has 1 amide bonds. The fourth-order valence-corrected chi connectivity index (χ4v) is 2.65. The summed E-state index contributed by atoms with van der Waals surface area (Å²) in [7, 11) is 0. The van der Waals surface area contributed by atoms with Crippen LogP contribution < -0.4 is 11.1 Å². The maximum absolute atomic E-state index is 11.3. The third-order valence-corrected chi connectivity index (χ3v) is 3.94. The van der Waals surface area contributed by atoms with Crippen molar-refractivity contribution in [1.29, 1.82) is 0 Å². The molecule has 4 nitrogen and oxygen atoms in total. The van der Waals surface area contributed by atoms with E-state index in [9.17, 15) is 4.79 Å². The molecule has 2 aliphatic rings. The molecule has 1 heterocycles. The Morgan fingerprint density at radius 2 is 2.19 bits per heavy atom. The first-order chi connectivity index (χ1) is 7.44. The Balaban J connectivity index is 1.92. The molecule has 1 saturated heterocycles. The van der Waals surface area contributed by atoms with E-state index < -0.39 is 5.54 Å². The van der Waals surface area contributed by atoms with Gasteiger partial charge >= 0.3 is 0 Å².